The Morgan fingerprint density at radius 2 is 2.06 bits per heavy atom. The minimum Gasteiger partial charge on any atom is -0.361 e. The molecule has 0 bridgehead atoms. The second-order valence-corrected chi connectivity index (χ2v) is 4.32. The Bertz CT molecular complexity index is 628. The van der Waals surface area contributed by atoms with Crippen molar-refractivity contribution in [2.24, 2.45) is 0 Å². The van der Waals surface area contributed by atoms with Crippen molar-refractivity contribution in [1.82, 2.24) is 15.3 Å². The minimum atomic E-state index is 0.798. The van der Waals surface area contributed by atoms with E-state index in [-0.39, 0.29) is 0 Å². The van der Waals surface area contributed by atoms with Crippen LogP contribution in [0.25, 0.3) is 10.9 Å². The lowest BCUT2D eigenvalue weighted by Gasteiger charge is -2.04. The molecule has 2 N–H and O–H groups in total. The molecule has 0 aliphatic carbocycles. The molecule has 0 amide bonds. The summed E-state index contributed by atoms with van der Waals surface area (Å²) >= 11 is 0. The summed E-state index contributed by atoms with van der Waals surface area (Å²) < 4.78 is 0. The molecule has 0 radical (unpaired) electrons. The van der Waals surface area contributed by atoms with Crippen molar-refractivity contribution in [3.63, 3.8) is 0 Å². The molecule has 3 rings (SSSR count). The normalized spacial score (nSPS) is 10.9. The lowest BCUT2D eigenvalue weighted by atomic mass is 10.1. The van der Waals surface area contributed by atoms with E-state index in [2.05, 4.69) is 39.6 Å². The van der Waals surface area contributed by atoms with E-state index in [4.69, 9.17) is 0 Å². The number of nitrogens with one attached hydrogen (secondary N) is 2. The molecule has 18 heavy (non-hydrogen) atoms. The van der Waals surface area contributed by atoms with Crippen LogP contribution in [0.3, 0.4) is 0 Å². The topological polar surface area (TPSA) is 40.7 Å². The Morgan fingerprint density at radius 3 is 2.94 bits per heavy atom. The quantitative estimate of drug-likeness (QED) is 0.732. The number of hydrogen-bond donors (Lipinski definition) is 2. The van der Waals surface area contributed by atoms with Crippen molar-refractivity contribution >= 4 is 10.9 Å². The van der Waals surface area contributed by atoms with Gasteiger partial charge in [0.15, 0.2) is 0 Å². The molecule has 90 valence electrons. The van der Waals surface area contributed by atoms with E-state index in [0.717, 1.165) is 18.8 Å². The van der Waals surface area contributed by atoms with Crippen LogP contribution in [0.5, 0.6) is 0 Å². The summed E-state index contributed by atoms with van der Waals surface area (Å²) in [6.45, 7) is 1.66. The monoisotopic (exact) mass is 237 g/mol. The molecule has 2 heterocycles. The number of aromatic amines is 1. The number of aromatic nitrogens is 2. The number of hydrogen-bond acceptors (Lipinski definition) is 2. The summed E-state index contributed by atoms with van der Waals surface area (Å²) in [4.78, 5) is 7.48. The van der Waals surface area contributed by atoms with Crippen LogP contribution in [0.2, 0.25) is 0 Å². The van der Waals surface area contributed by atoms with Crippen molar-refractivity contribution < 1.29 is 0 Å². The summed E-state index contributed by atoms with van der Waals surface area (Å²) in [7, 11) is 0. The first-order chi connectivity index (χ1) is 8.92. The molecule has 3 aromatic rings. The molecule has 0 aliphatic heterocycles. The predicted molar refractivity (Wildman–Crippen MR) is 73.1 cm³/mol. The first-order valence-corrected chi connectivity index (χ1v) is 6.08. The standard InChI is InChI=1S/C15H15N3/c1-2-7-17-14(3-1)11-16-10-12-4-5-15-13(9-12)6-8-18-15/h1-9,16,18H,10-11H2. The maximum Gasteiger partial charge on any atom is 0.0541 e. The van der Waals surface area contributed by atoms with Gasteiger partial charge < -0.3 is 10.3 Å². The number of H-pyrrole nitrogens is 1. The molecule has 1 aromatic carbocycles. The minimum absolute atomic E-state index is 0.798. The number of benzene rings is 1. The fraction of sp³-hybridized carbons (Fsp3) is 0.133. The van der Waals surface area contributed by atoms with Gasteiger partial charge in [-0.1, -0.05) is 12.1 Å². The largest absolute Gasteiger partial charge is 0.361 e. The van der Waals surface area contributed by atoms with Crippen molar-refractivity contribution in [1.29, 1.82) is 0 Å². The molecule has 0 fully saturated rings. The third kappa shape index (κ3) is 2.41. The molecule has 3 heteroatoms. The fourth-order valence-electron chi connectivity index (χ4n) is 2.05. The highest BCUT2D eigenvalue weighted by molar-refractivity contribution is 5.79. The second-order valence-electron chi connectivity index (χ2n) is 4.32. The molecular weight excluding hydrogens is 222 g/mol. The second kappa shape index (κ2) is 5.02. The van der Waals surface area contributed by atoms with E-state index in [1.807, 2.05) is 30.6 Å². The van der Waals surface area contributed by atoms with Crippen molar-refractivity contribution in [3.8, 4) is 0 Å². The van der Waals surface area contributed by atoms with Gasteiger partial charge in [-0.15, -0.1) is 0 Å². The summed E-state index contributed by atoms with van der Waals surface area (Å²) in [6.07, 6.45) is 3.79. The Labute approximate surface area is 106 Å². The van der Waals surface area contributed by atoms with E-state index in [9.17, 15) is 0 Å². The average Bonchev–Trinajstić information content (AvgIpc) is 2.87. The van der Waals surface area contributed by atoms with E-state index in [1.165, 1.54) is 16.5 Å². The van der Waals surface area contributed by atoms with Crippen LogP contribution in [0.4, 0.5) is 0 Å². The first-order valence-electron chi connectivity index (χ1n) is 6.08. The lowest BCUT2D eigenvalue weighted by molar-refractivity contribution is 0.680. The van der Waals surface area contributed by atoms with Gasteiger partial charge in [0.25, 0.3) is 0 Å². The van der Waals surface area contributed by atoms with Crippen LogP contribution >= 0.6 is 0 Å². The number of fused-ring (bicyclic) bond motifs is 1. The zero-order valence-corrected chi connectivity index (χ0v) is 10.1. The third-order valence-electron chi connectivity index (χ3n) is 2.98. The van der Waals surface area contributed by atoms with Gasteiger partial charge in [-0.2, -0.15) is 0 Å². The lowest BCUT2D eigenvalue weighted by Crippen LogP contribution is -2.13. The SMILES string of the molecule is c1ccc(CNCc2ccc3[nH]ccc3c2)nc1. The van der Waals surface area contributed by atoms with Crippen molar-refractivity contribution in [3.05, 3.63) is 66.1 Å². The zero-order chi connectivity index (χ0) is 12.2. The van der Waals surface area contributed by atoms with Crippen LogP contribution < -0.4 is 5.32 Å². The summed E-state index contributed by atoms with van der Waals surface area (Å²) in [5.41, 5.74) is 3.54. The predicted octanol–water partition coefficient (Wildman–Crippen LogP) is 2.85. The average molecular weight is 237 g/mol. The van der Waals surface area contributed by atoms with E-state index in [1.54, 1.807) is 0 Å². The highest BCUT2D eigenvalue weighted by atomic mass is 14.9. The molecule has 0 atom stereocenters. The van der Waals surface area contributed by atoms with E-state index >= 15 is 0 Å². The van der Waals surface area contributed by atoms with Crippen molar-refractivity contribution in [2.75, 3.05) is 0 Å². The molecule has 0 saturated carbocycles. The van der Waals surface area contributed by atoms with Crippen LogP contribution in [0, 0.1) is 0 Å². The van der Waals surface area contributed by atoms with Crippen molar-refractivity contribution in [2.45, 2.75) is 13.1 Å². The highest BCUT2D eigenvalue weighted by Gasteiger charge is 1.98. The van der Waals surface area contributed by atoms with Gasteiger partial charge in [-0.25, -0.2) is 0 Å². The molecule has 0 aliphatic rings. The molecule has 2 aromatic heterocycles. The first kappa shape index (κ1) is 11.0. The number of rotatable bonds is 4. The Kier molecular flexibility index (Phi) is 3.07. The maximum atomic E-state index is 4.28. The van der Waals surface area contributed by atoms with Crippen LogP contribution in [-0.2, 0) is 13.1 Å². The van der Waals surface area contributed by atoms with Crippen LogP contribution in [-0.4, -0.2) is 9.97 Å². The highest BCUT2D eigenvalue weighted by Crippen LogP contribution is 2.14. The summed E-state index contributed by atoms with van der Waals surface area (Å²) in [6, 6.07) is 14.5. The van der Waals surface area contributed by atoms with Gasteiger partial charge in [0.2, 0.25) is 0 Å². The Hall–Kier alpha value is -2.13. The Balaban J connectivity index is 1.62. The molecular formula is C15H15N3. The summed E-state index contributed by atoms with van der Waals surface area (Å²) in [5.74, 6) is 0. The number of pyridine rings is 1. The van der Waals surface area contributed by atoms with E-state index < -0.39 is 0 Å². The van der Waals surface area contributed by atoms with Gasteiger partial charge in [0, 0.05) is 31.0 Å². The molecule has 0 spiro atoms. The smallest absolute Gasteiger partial charge is 0.0541 e. The van der Waals surface area contributed by atoms with Gasteiger partial charge in [0.05, 0.1) is 5.69 Å². The van der Waals surface area contributed by atoms with Gasteiger partial charge in [0.1, 0.15) is 0 Å². The van der Waals surface area contributed by atoms with E-state index in [0.29, 0.717) is 0 Å². The van der Waals surface area contributed by atoms with Gasteiger partial charge in [-0.3, -0.25) is 4.98 Å². The fourth-order valence-corrected chi connectivity index (χ4v) is 2.05. The van der Waals surface area contributed by atoms with Crippen LogP contribution in [0.15, 0.2) is 54.9 Å². The molecule has 3 nitrogen and oxygen atoms in total. The maximum absolute atomic E-state index is 4.28. The molecule has 0 saturated heterocycles. The molecule has 0 unspecified atom stereocenters. The van der Waals surface area contributed by atoms with Crippen LogP contribution in [0.1, 0.15) is 11.3 Å². The third-order valence-corrected chi connectivity index (χ3v) is 2.98. The zero-order valence-electron chi connectivity index (χ0n) is 10.1. The number of nitrogens with zero attached hydrogens (tertiary/aromatic N) is 1. The Morgan fingerprint density at radius 1 is 1.06 bits per heavy atom. The van der Waals surface area contributed by atoms with Gasteiger partial charge >= 0.3 is 0 Å². The van der Waals surface area contributed by atoms with Gasteiger partial charge in [-0.05, 0) is 41.3 Å². The summed E-state index contributed by atoms with van der Waals surface area (Å²) in [5, 5.41) is 4.66.